The molecule has 3 rings (SSSR count). The number of aryl methyl sites for hydroxylation is 1. The summed E-state index contributed by atoms with van der Waals surface area (Å²) in [6.45, 7) is 2.08. The first-order valence-electron chi connectivity index (χ1n) is 5.45. The molecule has 0 atom stereocenters. The van der Waals surface area contributed by atoms with Gasteiger partial charge in [0.05, 0.1) is 15.0 Å². The molecular weight excluding hydrogens is 320 g/mol. The number of rotatable bonds is 2. The van der Waals surface area contributed by atoms with Crippen LogP contribution < -0.4 is 0 Å². The first-order valence-corrected chi connectivity index (χ1v) is 7.43. The third-order valence-corrected chi connectivity index (χ3v) is 5.04. The summed E-state index contributed by atoms with van der Waals surface area (Å²) in [5.41, 5.74) is 1.06. The van der Waals surface area contributed by atoms with E-state index in [9.17, 15) is 0 Å². The lowest BCUT2D eigenvalue weighted by Gasteiger charge is -2.05. The van der Waals surface area contributed by atoms with Gasteiger partial charge in [0.1, 0.15) is 5.15 Å². The van der Waals surface area contributed by atoms with Crippen molar-refractivity contribution >= 4 is 38.9 Å². The first kappa shape index (κ1) is 11.6. The predicted molar refractivity (Wildman–Crippen MR) is 74.8 cm³/mol. The Hall–Kier alpha value is -0.450. The number of hydrogen-bond acceptors (Lipinski definition) is 3. The van der Waals surface area contributed by atoms with Gasteiger partial charge in [0, 0.05) is 10.8 Å². The van der Waals surface area contributed by atoms with Crippen LogP contribution in [0.1, 0.15) is 29.3 Å². The third kappa shape index (κ3) is 2.26. The van der Waals surface area contributed by atoms with Gasteiger partial charge in [-0.05, 0) is 47.8 Å². The van der Waals surface area contributed by atoms with Crippen LogP contribution in [-0.4, -0.2) is 9.97 Å². The number of hydrogen-bond donors (Lipinski definition) is 0. The number of thiophene rings is 1. The summed E-state index contributed by atoms with van der Waals surface area (Å²) in [4.78, 5) is 11.3. The molecule has 0 amide bonds. The van der Waals surface area contributed by atoms with E-state index < -0.39 is 0 Å². The van der Waals surface area contributed by atoms with Crippen molar-refractivity contribution in [1.29, 1.82) is 0 Å². The van der Waals surface area contributed by atoms with Gasteiger partial charge in [-0.15, -0.1) is 11.3 Å². The van der Waals surface area contributed by atoms with Gasteiger partial charge in [-0.25, -0.2) is 9.97 Å². The lowest BCUT2D eigenvalue weighted by molar-refractivity contribution is 0.982. The second kappa shape index (κ2) is 4.34. The van der Waals surface area contributed by atoms with E-state index in [1.807, 2.05) is 0 Å². The second-order valence-corrected chi connectivity index (χ2v) is 6.66. The lowest BCUT2D eigenvalue weighted by atomic mass is 10.3. The Balaban J connectivity index is 2.11. The fraction of sp³-hybridized carbons (Fsp3) is 0.333. The monoisotopic (exact) mass is 328 g/mol. The van der Waals surface area contributed by atoms with Gasteiger partial charge in [-0.1, -0.05) is 11.6 Å². The maximum absolute atomic E-state index is 6.15. The highest BCUT2D eigenvalue weighted by atomic mass is 79.9. The van der Waals surface area contributed by atoms with Crippen LogP contribution in [0.25, 0.3) is 10.7 Å². The van der Waals surface area contributed by atoms with Crippen molar-refractivity contribution < 1.29 is 0 Å². The Labute approximate surface area is 117 Å². The summed E-state index contributed by atoms with van der Waals surface area (Å²) < 4.78 is 0.860. The summed E-state index contributed by atoms with van der Waals surface area (Å²) in [6, 6.07) is 4.13. The molecule has 2 aromatic rings. The molecule has 1 aliphatic carbocycles. The van der Waals surface area contributed by atoms with Crippen molar-refractivity contribution in [1.82, 2.24) is 9.97 Å². The van der Waals surface area contributed by atoms with Crippen molar-refractivity contribution in [3.05, 3.63) is 32.3 Å². The Morgan fingerprint density at radius 2 is 2.12 bits per heavy atom. The highest BCUT2D eigenvalue weighted by Gasteiger charge is 2.29. The molecule has 0 saturated heterocycles. The van der Waals surface area contributed by atoms with Gasteiger partial charge in [-0.3, -0.25) is 0 Å². The average molecular weight is 330 g/mol. The van der Waals surface area contributed by atoms with Crippen LogP contribution in [0.5, 0.6) is 0 Å². The fourth-order valence-electron chi connectivity index (χ4n) is 1.73. The second-order valence-electron chi connectivity index (χ2n) is 4.22. The Kier molecular flexibility index (Phi) is 2.97. The van der Waals surface area contributed by atoms with Crippen molar-refractivity contribution in [3.63, 3.8) is 0 Å². The normalized spacial score (nSPS) is 15.2. The van der Waals surface area contributed by atoms with Gasteiger partial charge in [0.15, 0.2) is 5.82 Å². The predicted octanol–water partition coefficient (Wildman–Crippen LogP) is 4.81. The number of aromatic nitrogens is 2. The molecule has 2 nitrogen and oxygen atoms in total. The summed E-state index contributed by atoms with van der Waals surface area (Å²) in [7, 11) is 0. The van der Waals surface area contributed by atoms with Crippen LogP contribution in [0.2, 0.25) is 5.15 Å². The zero-order chi connectivity index (χ0) is 12.0. The molecule has 0 spiro atoms. The molecule has 5 heteroatoms. The third-order valence-electron chi connectivity index (χ3n) is 2.76. The van der Waals surface area contributed by atoms with E-state index in [0.29, 0.717) is 11.1 Å². The van der Waals surface area contributed by atoms with E-state index in [1.54, 1.807) is 11.3 Å². The van der Waals surface area contributed by atoms with Gasteiger partial charge >= 0.3 is 0 Å². The van der Waals surface area contributed by atoms with Gasteiger partial charge in [0.25, 0.3) is 0 Å². The lowest BCUT2D eigenvalue weighted by Crippen LogP contribution is -1.96. The maximum atomic E-state index is 6.15. The molecule has 0 bridgehead atoms. The largest absolute Gasteiger partial charge is 0.231 e. The smallest absolute Gasteiger partial charge is 0.171 e. The first-order chi connectivity index (χ1) is 8.15. The molecule has 0 aliphatic heterocycles. The Morgan fingerprint density at radius 3 is 2.71 bits per heavy atom. The minimum Gasteiger partial charge on any atom is -0.231 e. The van der Waals surface area contributed by atoms with Crippen LogP contribution >= 0.6 is 38.9 Å². The van der Waals surface area contributed by atoms with Gasteiger partial charge in [-0.2, -0.15) is 0 Å². The quantitative estimate of drug-likeness (QED) is 0.739. The molecule has 0 radical (unpaired) electrons. The summed E-state index contributed by atoms with van der Waals surface area (Å²) in [5, 5.41) is 0.517. The highest BCUT2D eigenvalue weighted by Crippen LogP contribution is 2.44. The van der Waals surface area contributed by atoms with Crippen LogP contribution in [-0.2, 0) is 0 Å². The van der Waals surface area contributed by atoms with E-state index in [4.69, 9.17) is 11.6 Å². The minimum atomic E-state index is 0.517. The topological polar surface area (TPSA) is 25.8 Å². The fourth-order valence-corrected chi connectivity index (χ4v) is 3.21. The SMILES string of the molecule is Cc1ccc(-c2nc(Cl)c(Br)c(C3CC3)n2)s1. The standard InChI is InChI=1S/C12H10BrClN2S/c1-6-2-5-8(17-6)12-15-10(7-3-4-7)9(13)11(14)16-12/h2,5,7H,3-4H2,1H3. The molecular formula is C12H10BrClN2S. The van der Waals surface area contributed by atoms with Crippen LogP contribution in [0, 0.1) is 6.92 Å². The van der Waals surface area contributed by atoms with E-state index in [2.05, 4.69) is 45.0 Å². The Bertz CT molecular complexity index is 578. The van der Waals surface area contributed by atoms with E-state index >= 15 is 0 Å². The molecule has 1 aliphatic rings. The van der Waals surface area contributed by atoms with Crippen molar-refractivity contribution in [2.45, 2.75) is 25.7 Å². The zero-order valence-corrected chi connectivity index (χ0v) is 12.4. The van der Waals surface area contributed by atoms with Gasteiger partial charge in [0.2, 0.25) is 0 Å². The summed E-state index contributed by atoms with van der Waals surface area (Å²) in [5.74, 6) is 1.31. The maximum Gasteiger partial charge on any atom is 0.171 e. The van der Waals surface area contributed by atoms with Crippen molar-refractivity contribution in [3.8, 4) is 10.7 Å². The van der Waals surface area contributed by atoms with Gasteiger partial charge < -0.3 is 0 Å². The molecule has 88 valence electrons. The van der Waals surface area contributed by atoms with E-state index in [1.165, 1.54) is 17.7 Å². The minimum absolute atomic E-state index is 0.517. The molecule has 2 aromatic heterocycles. The molecule has 17 heavy (non-hydrogen) atoms. The zero-order valence-electron chi connectivity index (χ0n) is 9.20. The highest BCUT2D eigenvalue weighted by molar-refractivity contribution is 9.10. The van der Waals surface area contributed by atoms with Crippen molar-refractivity contribution in [2.75, 3.05) is 0 Å². The molecule has 2 heterocycles. The number of nitrogens with zero attached hydrogens (tertiary/aromatic N) is 2. The summed E-state index contributed by atoms with van der Waals surface area (Å²) >= 11 is 11.3. The van der Waals surface area contributed by atoms with Crippen LogP contribution in [0.3, 0.4) is 0 Å². The van der Waals surface area contributed by atoms with Crippen molar-refractivity contribution in [2.24, 2.45) is 0 Å². The average Bonchev–Trinajstić information content (AvgIpc) is 3.05. The van der Waals surface area contributed by atoms with E-state index in [0.717, 1.165) is 20.9 Å². The number of halogens is 2. The molecule has 0 unspecified atom stereocenters. The molecule has 1 fully saturated rings. The Morgan fingerprint density at radius 1 is 1.35 bits per heavy atom. The van der Waals surface area contributed by atoms with Crippen LogP contribution in [0.4, 0.5) is 0 Å². The van der Waals surface area contributed by atoms with E-state index in [-0.39, 0.29) is 0 Å². The summed E-state index contributed by atoms with van der Waals surface area (Å²) in [6.07, 6.45) is 2.41. The van der Waals surface area contributed by atoms with Crippen LogP contribution in [0.15, 0.2) is 16.6 Å². The molecule has 0 N–H and O–H groups in total. The molecule has 0 aromatic carbocycles. The molecule has 1 saturated carbocycles.